The normalized spacial score (nSPS) is 34.3. The van der Waals surface area contributed by atoms with E-state index in [1.165, 1.54) is 5.56 Å². The number of fused-ring (bicyclic) bond motifs is 1. The van der Waals surface area contributed by atoms with Crippen LogP contribution in [0.2, 0.25) is 0 Å². The Kier molecular flexibility index (Phi) is 7.25. The summed E-state index contributed by atoms with van der Waals surface area (Å²) in [7, 11) is 0. The van der Waals surface area contributed by atoms with Crippen molar-refractivity contribution in [1.29, 1.82) is 0 Å². The maximum absolute atomic E-state index is 11.5. The van der Waals surface area contributed by atoms with Crippen LogP contribution in [-0.4, -0.2) is 40.5 Å². The summed E-state index contributed by atoms with van der Waals surface area (Å²) < 4.78 is 0. The molecule has 0 radical (unpaired) electrons. The number of nitrogens with two attached hydrogens (primary N) is 1. The van der Waals surface area contributed by atoms with Gasteiger partial charge in [0.05, 0.1) is 11.2 Å². The van der Waals surface area contributed by atoms with E-state index in [4.69, 9.17) is 5.73 Å². The van der Waals surface area contributed by atoms with Crippen molar-refractivity contribution in [3.05, 3.63) is 48.0 Å². The molecule has 0 unspecified atom stereocenters. The molecule has 5 N–H and O–H groups in total. The molecule has 3 rings (SSSR count). The molecule has 0 bridgehead atoms. The molecule has 0 aliphatic heterocycles. The molecule has 166 valence electrons. The van der Waals surface area contributed by atoms with E-state index in [2.05, 4.69) is 35.9 Å². The quantitative estimate of drug-likeness (QED) is 0.313. The summed E-state index contributed by atoms with van der Waals surface area (Å²) in [6.45, 7) is 9.40. The number of hydrogen-bond donors (Lipinski definition) is 4. The maximum Gasteiger partial charge on any atom is 0.188 e. The van der Waals surface area contributed by atoms with Crippen LogP contribution >= 0.6 is 0 Å². The summed E-state index contributed by atoms with van der Waals surface area (Å²) in [4.78, 5) is 4.46. The maximum atomic E-state index is 11.5. The predicted octanol–water partition coefficient (Wildman–Crippen LogP) is 3.41. The number of aliphatic hydroxyl groups is 2. The average molecular weight is 414 g/mol. The molecule has 0 amide bonds. The van der Waals surface area contributed by atoms with E-state index in [1.54, 1.807) is 0 Å². The first-order chi connectivity index (χ1) is 14.2. The third-order valence-corrected chi connectivity index (χ3v) is 7.49. The van der Waals surface area contributed by atoms with Crippen LogP contribution in [0, 0.1) is 17.8 Å². The lowest BCUT2D eigenvalue weighted by molar-refractivity contribution is -0.0637. The second kappa shape index (κ2) is 9.52. The van der Waals surface area contributed by atoms with E-state index in [0.29, 0.717) is 24.8 Å². The van der Waals surface area contributed by atoms with E-state index in [-0.39, 0.29) is 11.8 Å². The Morgan fingerprint density at radius 2 is 1.93 bits per heavy atom. The van der Waals surface area contributed by atoms with Crippen LogP contribution in [0.5, 0.6) is 0 Å². The van der Waals surface area contributed by atoms with E-state index in [1.807, 2.05) is 25.1 Å². The van der Waals surface area contributed by atoms with Gasteiger partial charge < -0.3 is 21.3 Å². The third kappa shape index (κ3) is 5.44. The Labute approximate surface area is 181 Å². The van der Waals surface area contributed by atoms with Gasteiger partial charge >= 0.3 is 0 Å². The number of hydrogen-bond acceptors (Lipinski definition) is 3. The highest BCUT2D eigenvalue weighted by Crippen LogP contribution is 2.54. The number of benzene rings is 1. The summed E-state index contributed by atoms with van der Waals surface area (Å²) in [6.07, 6.45) is 5.68. The Morgan fingerprint density at radius 1 is 1.20 bits per heavy atom. The standard InChI is InChI=1S/C25H39N3O2/c1-18(2)20-9-12-24(3,29)21-10-13-25(30,22(21)17-20)14-16-28-23(26)27-15-11-19-7-5-4-6-8-19/h4-8,20-22,29-30H,1,9-17H2,2-3H3,(H3,26,27,28)/t20-,21-,22+,24-,25-/m1/s1. The molecule has 0 spiro atoms. The summed E-state index contributed by atoms with van der Waals surface area (Å²) in [5.74, 6) is 1.01. The zero-order chi connectivity index (χ0) is 21.8. The predicted molar refractivity (Wildman–Crippen MR) is 123 cm³/mol. The minimum atomic E-state index is -0.791. The van der Waals surface area contributed by atoms with Crippen LogP contribution < -0.4 is 11.1 Å². The van der Waals surface area contributed by atoms with Gasteiger partial charge in [0, 0.05) is 13.1 Å². The van der Waals surface area contributed by atoms with Crippen LogP contribution in [0.25, 0.3) is 0 Å². The largest absolute Gasteiger partial charge is 0.390 e. The molecule has 30 heavy (non-hydrogen) atoms. The second-order valence-electron chi connectivity index (χ2n) is 9.71. The highest BCUT2D eigenvalue weighted by atomic mass is 16.3. The number of rotatable bonds is 7. The number of aliphatic imine (C=N–C) groups is 1. The number of nitrogens with one attached hydrogen (secondary N) is 1. The van der Waals surface area contributed by atoms with Gasteiger partial charge in [0.25, 0.3) is 0 Å². The molecule has 5 heteroatoms. The van der Waals surface area contributed by atoms with E-state index < -0.39 is 11.2 Å². The molecule has 0 saturated heterocycles. The van der Waals surface area contributed by atoms with Gasteiger partial charge in [0.1, 0.15) is 0 Å². The summed E-state index contributed by atoms with van der Waals surface area (Å²) in [5.41, 5.74) is 6.94. The van der Waals surface area contributed by atoms with E-state index >= 15 is 0 Å². The molecule has 2 aliphatic rings. The van der Waals surface area contributed by atoms with E-state index in [0.717, 1.165) is 50.6 Å². The highest BCUT2D eigenvalue weighted by molar-refractivity contribution is 5.77. The van der Waals surface area contributed by atoms with Gasteiger partial charge in [-0.3, -0.25) is 4.99 Å². The molecule has 5 nitrogen and oxygen atoms in total. The lowest BCUT2D eigenvalue weighted by Crippen LogP contribution is -2.43. The lowest BCUT2D eigenvalue weighted by Gasteiger charge is -2.37. The van der Waals surface area contributed by atoms with Crippen molar-refractivity contribution < 1.29 is 10.2 Å². The molecular weight excluding hydrogens is 374 g/mol. The summed E-state index contributed by atoms with van der Waals surface area (Å²) in [5, 5.41) is 25.7. The Bertz CT molecular complexity index is 746. The van der Waals surface area contributed by atoms with Crippen LogP contribution in [0.15, 0.2) is 47.5 Å². The molecule has 0 aromatic heterocycles. The summed E-state index contributed by atoms with van der Waals surface area (Å²) >= 11 is 0. The van der Waals surface area contributed by atoms with Crippen molar-refractivity contribution >= 4 is 5.96 Å². The van der Waals surface area contributed by atoms with Gasteiger partial charge in [-0.1, -0.05) is 42.5 Å². The van der Waals surface area contributed by atoms with Gasteiger partial charge in [-0.15, -0.1) is 0 Å². The summed E-state index contributed by atoms with van der Waals surface area (Å²) in [6, 6.07) is 10.3. The molecule has 1 aromatic rings. The first kappa shape index (κ1) is 22.8. The first-order valence-corrected chi connectivity index (χ1v) is 11.4. The topological polar surface area (TPSA) is 90.9 Å². The molecule has 2 fully saturated rings. The highest BCUT2D eigenvalue weighted by Gasteiger charge is 2.54. The monoisotopic (exact) mass is 413 g/mol. The van der Waals surface area contributed by atoms with Gasteiger partial charge in [-0.05, 0) is 82.1 Å². The fourth-order valence-electron chi connectivity index (χ4n) is 5.53. The zero-order valence-electron chi connectivity index (χ0n) is 18.6. The fourth-order valence-corrected chi connectivity index (χ4v) is 5.53. The lowest BCUT2D eigenvalue weighted by atomic mass is 9.74. The minimum Gasteiger partial charge on any atom is -0.390 e. The molecule has 0 heterocycles. The van der Waals surface area contributed by atoms with Crippen molar-refractivity contribution in [3.63, 3.8) is 0 Å². The van der Waals surface area contributed by atoms with Crippen LogP contribution in [0.3, 0.4) is 0 Å². The molecule has 5 atom stereocenters. The van der Waals surface area contributed by atoms with Crippen LogP contribution in [-0.2, 0) is 6.42 Å². The third-order valence-electron chi connectivity index (χ3n) is 7.49. The Morgan fingerprint density at radius 3 is 2.63 bits per heavy atom. The van der Waals surface area contributed by atoms with Crippen LogP contribution in [0.4, 0.5) is 0 Å². The van der Waals surface area contributed by atoms with Crippen molar-refractivity contribution in [2.75, 3.05) is 13.1 Å². The molecule has 1 aromatic carbocycles. The molecule has 2 saturated carbocycles. The Balaban J connectivity index is 1.55. The van der Waals surface area contributed by atoms with Gasteiger partial charge in [0.2, 0.25) is 0 Å². The number of guanidine groups is 1. The van der Waals surface area contributed by atoms with Crippen molar-refractivity contribution in [2.45, 2.75) is 70.0 Å². The van der Waals surface area contributed by atoms with Gasteiger partial charge in [-0.2, -0.15) is 0 Å². The molecular formula is C25H39N3O2. The fraction of sp³-hybridized carbons (Fsp3) is 0.640. The van der Waals surface area contributed by atoms with Gasteiger partial charge in [-0.25, -0.2) is 0 Å². The number of allylic oxidation sites excluding steroid dienone is 1. The Hall–Kier alpha value is -1.85. The van der Waals surface area contributed by atoms with Crippen LogP contribution in [0.1, 0.15) is 57.9 Å². The van der Waals surface area contributed by atoms with E-state index in [9.17, 15) is 10.2 Å². The SMILES string of the molecule is C=C(C)[C@@H]1CC[C@@](C)(O)[C@@H]2CC[C@@](O)(CCN=C(N)NCCc3ccccc3)[C@H]2C1. The number of nitrogens with zero attached hydrogens (tertiary/aromatic N) is 1. The minimum absolute atomic E-state index is 0.0826. The van der Waals surface area contributed by atoms with Crippen molar-refractivity contribution in [1.82, 2.24) is 5.32 Å². The molecule has 2 aliphatic carbocycles. The smallest absolute Gasteiger partial charge is 0.188 e. The van der Waals surface area contributed by atoms with Crippen molar-refractivity contribution in [3.8, 4) is 0 Å². The first-order valence-electron chi connectivity index (χ1n) is 11.4. The van der Waals surface area contributed by atoms with Gasteiger partial charge in [0.15, 0.2) is 5.96 Å². The average Bonchev–Trinajstić information content (AvgIpc) is 2.94. The zero-order valence-corrected chi connectivity index (χ0v) is 18.6. The van der Waals surface area contributed by atoms with Crippen molar-refractivity contribution in [2.24, 2.45) is 28.5 Å². The second-order valence-corrected chi connectivity index (χ2v) is 9.71.